The molecule has 1 aromatic rings. The van der Waals surface area contributed by atoms with Crippen molar-refractivity contribution in [2.45, 2.75) is 103 Å². The number of nitrogens with zero attached hydrogens (tertiary/aromatic N) is 1. The molecule has 3 atom stereocenters. The number of ketones is 2. The highest BCUT2D eigenvalue weighted by Crippen LogP contribution is 2.30. The van der Waals surface area contributed by atoms with Gasteiger partial charge in [-0.2, -0.15) is 0 Å². The third kappa shape index (κ3) is 9.59. The van der Waals surface area contributed by atoms with Crippen LogP contribution in [-0.2, 0) is 9.59 Å². The number of hydrogen-bond donors (Lipinski definition) is 1. The number of carbonyl (C=O) groups excluding carboxylic acids is 2. The number of likely N-dealkylation sites (tertiary alicyclic amines) is 1. The lowest BCUT2D eigenvalue weighted by atomic mass is 9.84. The number of Topliss-reactive ketones (excluding diaryl/α,β-unsaturated/α-hetero) is 2. The second-order valence-corrected chi connectivity index (χ2v) is 10.9. The van der Waals surface area contributed by atoms with Gasteiger partial charge in [0, 0.05) is 50.7 Å². The van der Waals surface area contributed by atoms with Gasteiger partial charge in [0.15, 0.2) is 0 Å². The predicted octanol–water partition coefficient (Wildman–Crippen LogP) is 6.23. The number of carbonyl (C=O) groups is 2. The third-order valence-corrected chi connectivity index (χ3v) is 7.82. The van der Waals surface area contributed by atoms with Crippen molar-refractivity contribution in [2.75, 3.05) is 26.2 Å². The Bertz CT molecular complexity index is 793. The Morgan fingerprint density at radius 1 is 1.06 bits per heavy atom. The van der Waals surface area contributed by atoms with E-state index in [4.69, 9.17) is 4.74 Å². The van der Waals surface area contributed by atoms with Gasteiger partial charge in [-0.05, 0) is 56.2 Å². The molecule has 0 aromatic heterocycles. The third-order valence-electron chi connectivity index (χ3n) is 7.82. The van der Waals surface area contributed by atoms with Crippen LogP contribution in [0.2, 0.25) is 0 Å². The van der Waals surface area contributed by atoms with Crippen molar-refractivity contribution in [3.8, 4) is 5.75 Å². The molecule has 202 valence electrons. The van der Waals surface area contributed by atoms with Gasteiger partial charge in [0.2, 0.25) is 0 Å². The van der Waals surface area contributed by atoms with Crippen molar-refractivity contribution in [1.82, 2.24) is 4.90 Å². The quantitative estimate of drug-likeness (QED) is 0.271. The van der Waals surface area contributed by atoms with Gasteiger partial charge in [-0.25, -0.2) is 4.39 Å². The van der Waals surface area contributed by atoms with Crippen LogP contribution in [0.5, 0.6) is 5.75 Å². The van der Waals surface area contributed by atoms with Gasteiger partial charge in [-0.1, -0.05) is 44.7 Å². The van der Waals surface area contributed by atoms with E-state index in [0.717, 1.165) is 56.3 Å². The Kier molecular flexibility index (Phi) is 12.4. The molecule has 1 N–H and O–H groups in total. The van der Waals surface area contributed by atoms with Gasteiger partial charge >= 0.3 is 0 Å². The van der Waals surface area contributed by atoms with Crippen molar-refractivity contribution in [2.24, 2.45) is 11.8 Å². The van der Waals surface area contributed by atoms with E-state index in [-0.39, 0.29) is 24.0 Å². The second-order valence-electron chi connectivity index (χ2n) is 10.9. The molecule has 1 saturated carbocycles. The van der Waals surface area contributed by atoms with Crippen LogP contribution in [0, 0.1) is 11.8 Å². The second kappa shape index (κ2) is 15.5. The summed E-state index contributed by atoms with van der Waals surface area (Å²) in [5, 5.41) is 11.2. The van der Waals surface area contributed by atoms with E-state index in [2.05, 4.69) is 6.92 Å². The molecule has 1 aromatic carbocycles. The number of aliphatic hydroxyl groups is 1. The fourth-order valence-electron chi connectivity index (χ4n) is 5.57. The first-order valence-corrected chi connectivity index (χ1v) is 14.3. The molecule has 0 spiro atoms. The molecule has 6 heteroatoms. The lowest BCUT2D eigenvalue weighted by Gasteiger charge is -2.27. The number of ether oxygens (including phenoxy) is 1. The zero-order chi connectivity index (χ0) is 25.8. The van der Waals surface area contributed by atoms with E-state index >= 15 is 0 Å². The number of unbranched alkanes of at least 4 members (excludes halogenated alkanes) is 2. The maximum Gasteiger partial charge on any atom is 0.135 e. The van der Waals surface area contributed by atoms with Crippen LogP contribution < -0.4 is 4.74 Å². The minimum absolute atomic E-state index is 0.111. The standard InChI is InChI=1S/C30H46FNO4/c1-2-3-19-36-28-15-13-24(14-16-28)30(35)25(21-32-18-17-26(31)22-32)20-27(33)11-7-8-12-29(34)23-9-5-4-6-10-23/h13-16,23,25-26,30,35H,2-12,17-22H2,1H3/t25-,26-,30-/m1/s1. The fourth-order valence-corrected chi connectivity index (χ4v) is 5.57. The van der Waals surface area contributed by atoms with Gasteiger partial charge in [0.25, 0.3) is 0 Å². The van der Waals surface area contributed by atoms with Gasteiger partial charge < -0.3 is 9.84 Å². The molecule has 0 amide bonds. The van der Waals surface area contributed by atoms with Crippen LogP contribution in [0.15, 0.2) is 24.3 Å². The van der Waals surface area contributed by atoms with Crippen molar-refractivity contribution in [1.29, 1.82) is 0 Å². The highest BCUT2D eigenvalue weighted by atomic mass is 19.1. The Hall–Kier alpha value is -1.79. The topological polar surface area (TPSA) is 66.8 Å². The predicted molar refractivity (Wildman–Crippen MR) is 141 cm³/mol. The maximum atomic E-state index is 13.8. The highest BCUT2D eigenvalue weighted by Gasteiger charge is 2.30. The zero-order valence-electron chi connectivity index (χ0n) is 22.1. The molecule has 36 heavy (non-hydrogen) atoms. The lowest BCUT2D eigenvalue weighted by molar-refractivity contribution is -0.124. The maximum absolute atomic E-state index is 13.8. The molecular formula is C30H46FNO4. The van der Waals surface area contributed by atoms with E-state index < -0.39 is 12.3 Å². The van der Waals surface area contributed by atoms with Gasteiger partial charge in [0.05, 0.1) is 12.7 Å². The van der Waals surface area contributed by atoms with Crippen molar-refractivity contribution < 1.29 is 23.8 Å². The summed E-state index contributed by atoms with van der Waals surface area (Å²) in [7, 11) is 0. The summed E-state index contributed by atoms with van der Waals surface area (Å²) >= 11 is 0. The first kappa shape index (κ1) is 28.8. The SMILES string of the molecule is CCCCOc1ccc([C@@H](O)[C@H](CC(=O)CCCCC(=O)C2CCCCC2)CN2CC[C@@H](F)C2)cc1. The number of rotatable bonds is 16. The molecule has 1 aliphatic heterocycles. The van der Waals surface area contributed by atoms with Crippen LogP contribution in [0.3, 0.4) is 0 Å². The number of alkyl halides is 1. The molecule has 0 unspecified atom stereocenters. The van der Waals surface area contributed by atoms with Crippen molar-refractivity contribution in [3.63, 3.8) is 0 Å². The molecule has 1 aliphatic carbocycles. The molecule has 1 heterocycles. The van der Waals surface area contributed by atoms with Crippen molar-refractivity contribution >= 4 is 11.6 Å². The number of hydrogen-bond acceptors (Lipinski definition) is 5. The van der Waals surface area contributed by atoms with E-state index in [1.807, 2.05) is 29.2 Å². The van der Waals surface area contributed by atoms with Crippen LogP contribution in [0.4, 0.5) is 4.39 Å². The highest BCUT2D eigenvalue weighted by molar-refractivity contribution is 5.81. The first-order chi connectivity index (χ1) is 17.5. The Morgan fingerprint density at radius 3 is 2.44 bits per heavy atom. The molecule has 2 fully saturated rings. The number of aliphatic hydroxyl groups excluding tert-OH is 1. The Labute approximate surface area is 216 Å². The molecule has 5 nitrogen and oxygen atoms in total. The molecule has 1 saturated heterocycles. The minimum Gasteiger partial charge on any atom is -0.494 e. The summed E-state index contributed by atoms with van der Waals surface area (Å²) in [6.07, 6.45) is 9.28. The van der Waals surface area contributed by atoms with Gasteiger partial charge in [-0.3, -0.25) is 14.5 Å². The first-order valence-electron chi connectivity index (χ1n) is 14.3. The van der Waals surface area contributed by atoms with E-state index in [0.29, 0.717) is 57.7 Å². The summed E-state index contributed by atoms with van der Waals surface area (Å²) < 4.78 is 19.5. The van der Waals surface area contributed by atoms with Crippen LogP contribution >= 0.6 is 0 Å². The average Bonchev–Trinajstić information content (AvgIpc) is 3.31. The summed E-state index contributed by atoms with van der Waals surface area (Å²) in [6.45, 7) is 4.31. The number of halogens is 1. The number of benzene rings is 1. The monoisotopic (exact) mass is 503 g/mol. The summed E-state index contributed by atoms with van der Waals surface area (Å²) in [5.41, 5.74) is 0.754. The van der Waals surface area contributed by atoms with E-state index in [9.17, 15) is 19.1 Å². The molecule has 0 bridgehead atoms. The van der Waals surface area contributed by atoms with Crippen molar-refractivity contribution in [3.05, 3.63) is 29.8 Å². The minimum atomic E-state index is -0.834. The molecular weight excluding hydrogens is 457 g/mol. The normalized spacial score (nSPS) is 20.8. The Balaban J connectivity index is 1.50. The Morgan fingerprint density at radius 2 is 1.78 bits per heavy atom. The lowest BCUT2D eigenvalue weighted by Crippen LogP contribution is -2.32. The molecule has 3 rings (SSSR count). The zero-order valence-corrected chi connectivity index (χ0v) is 22.1. The summed E-state index contributed by atoms with van der Waals surface area (Å²) in [5.74, 6) is 1.19. The van der Waals surface area contributed by atoms with E-state index in [1.165, 1.54) is 6.42 Å². The summed E-state index contributed by atoms with van der Waals surface area (Å²) in [6, 6.07) is 7.46. The van der Waals surface area contributed by atoms with E-state index in [1.54, 1.807) is 0 Å². The largest absolute Gasteiger partial charge is 0.494 e. The van der Waals surface area contributed by atoms with Crippen LogP contribution in [0.1, 0.15) is 102 Å². The molecule has 0 radical (unpaired) electrons. The van der Waals surface area contributed by atoms with Gasteiger partial charge in [-0.15, -0.1) is 0 Å². The molecule has 2 aliphatic rings. The van der Waals surface area contributed by atoms with Gasteiger partial charge in [0.1, 0.15) is 23.5 Å². The smallest absolute Gasteiger partial charge is 0.135 e. The van der Waals surface area contributed by atoms with Crippen LogP contribution in [0.25, 0.3) is 0 Å². The average molecular weight is 504 g/mol. The van der Waals surface area contributed by atoms with Crippen LogP contribution in [-0.4, -0.2) is 54.0 Å². The fraction of sp³-hybridized carbons (Fsp3) is 0.733. The summed E-state index contributed by atoms with van der Waals surface area (Å²) in [4.78, 5) is 27.3.